The number of hydrogen-bond acceptors (Lipinski definition) is 4. The highest BCUT2D eigenvalue weighted by Gasteiger charge is 2.23. The van der Waals surface area contributed by atoms with Gasteiger partial charge in [0, 0.05) is 11.3 Å². The van der Waals surface area contributed by atoms with Crippen LogP contribution >= 0.6 is 0 Å². The van der Waals surface area contributed by atoms with Gasteiger partial charge < -0.3 is 10.1 Å². The van der Waals surface area contributed by atoms with Crippen molar-refractivity contribution >= 4 is 12.0 Å². The zero-order valence-electron chi connectivity index (χ0n) is 10.9. The third-order valence-electron chi connectivity index (χ3n) is 2.37. The van der Waals surface area contributed by atoms with E-state index in [-0.39, 0.29) is 25.2 Å². The molecule has 0 radical (unpaired) electrons. The van der Waals surface area contributed by atoms with Crippen LogP contribution in [0.5, 0.6) is 0 Å². The smallest absolute Gasteiger partial charge is 0.336 e. The second-order valence-corrected chi connectivity index (χ2v) is 4.22. The van der Waals surface area contributed by atoms with E-state index >= 15 is 0 Å². The zero-order chi connectivity index (χ0) is 13.7. The van der Waals surface area contributed by atoms with Crippen molar-refractivity contribution in [3.05, 3.63) is 23.9 Å². The number of hydrogen-bond donors (Lipinski definition) is 2. The highest BCUT2D eigenvalue weighted by Crippen LogP contribution is 2.09. The minimum Gasteiger partial charge on any atom is -0.460 e. The first-order chi connectivity index (χ1) is 8.41. The van der Waals surface area contributed by atoms with Crippen LogP contribution in [0.3, 0.4) is 0 Å². The summed E-state index contributed by atoms with van der Waals surface area (Å²) in [6.07, 6.45) is 1.95. The van der Waals surface area contributed by atoms with E-state index in [1.165, 1.54) is 5.01 Å². The highest BCUT2D eigenvalue weighted by atomic mass is 16.5. The first kappa shape index (κ1) is 14.1. The van der Waals surface area contributed by atoms with Crippen LogP contribution in [0.15, 0.2) is 23.9 Å². The number of carbonyl (C=O) groups excluding carboxylic acids is 2. The lowest BCUT2D eigenvalue weighted by Gasteiger charge is -2.22. The minimum atomic E-state index is -0.450. The summed E-state index contributed by atoms with van der Waals surface area (Å²) in [5.41, 5.74) is 4.21. The van der Waals surface area contributed by atoms with E-state index in [1.807, 2.05) is 19.9 Å². The topological polar surface area (TPSA) is 70.7 Å². The van der Waals surface area contributed by atoms with Crippen LogP contribution in [0.1, 0.15) is 20.8 Å². The predicted octanol–water partition coefficient (Wildman–Crippen LogP) is 0.928. The molecule has 0 aromatic carbocycles. The molecule has 100 valence electrons. The summed E-state index contributed by atoms with van der Waals surface area (Å²) in [4.78, 5) is 22.8. The molecule has 1 rings (SSSR count). The number of ether oxygens (including phenoxy) is 1. The van der Waals surface area contributed by atoms with Crippen molar-refractivity contribution in [1.82, 2.24) is 15.8 Å². The van der Waals surface area contributed by atoms with Crippen LogP contribution in [-0.2, 0) is 9.53 Å². The second-order valence-electron chi connectivity index (χ2n) is 4.22. The van der Waals surface area contributed by atoms with E-state index in [2.05, 4.69) is 17.3 Å². The Morgan fingerprint density at radius 2 is 2.28 bits per heavy atom. The number of esters is 1. The molecule has 0 saturated carbocycles. The van der Waals surface area contributed by atoms with Crippen molar-refractivity contribution in [3.8, 4) is 0 Å². The molecule has 0 saturated heterocycles. The molecule has 0 fully saturated rings. The first-order valence-electron chi connectivity index (χ1n) is 5.76. The Kier molecular flexibility index (Phi) is 4.76. The van der Waals surface area contributed by atoms with Gasteiger partial charge in [0.05, 0.1) is 12.6 Å². The maximum absolute atomic E-state index is 11.7. The minimum absolute atomic E-state index is 0.00275. The van der Waals surface area contributed by atoms with Crippen molar-refractivity contribution < 1.29 is 14.3 Å². The summed E-state index contributed by atoms with van der Waals surface area (Å²) >= 11 is 0. The van der Waals surface area contributed by atoms with E-state index in [0.717, 1.165) is 5.70 Å². The Morgan fingerprint density at radius 3 is 2.78 bits per heavy atom. The molecule has 0 spiro atoms. The molecule has 1 aliphatic heterocycles. The molecule has 2 amide bonds. The first-order valence-corrected chi connectivity index (χ1v) is 5.76. The largest absolute Gasteiger partial charge is 0.460 e. The number of rotatable bonds is 4. The molecular formula is C12H19N3O3. The van der Waals surface area contributed by atoms with Crippen molar-refractivity contribution in [3.63, 3.8) is 0 Å². The molecule has 1 unspecified atom stereocenters. The zero-order valence-corrected chi connectivity index (χ0v) is 10.9. The number of amides is 2. The Hall–Kier alpha value is -1.98. The van der Waals surface area contributed by atoms with Crippen LogP contribution in [0, 0.1) is 0 Å². The average Bonchev–Trinajstić information content (AvgIpc) is 2.63. The Morgan fingerprint density at radius 1 is 1.61 bits per heavy atom. The number of allylic oxidation sites excluding steroid dienone is 1. The van der Waals surface area contributed by atoms with Gasteiger partial charge in [-0.2, -0.15) is 0 Å². The molecule has 6 nitrogen and oxygen atoms in total. The maximum atomic E-state index is 11.7. The number of carbonyl (C=O) groups is 2. The molecule has 6 heteroatoms. The molecule has 18 heavy (non-hydrogen) atoms. The Balaban J connectivity index is 2.23. The second kappa shape index (κ2) is 6.09. The molecule has 2 N–H and O–H groups in total. The average molecular weight is 253 g/mol. The molecular weight excluding hydrogens is 234 g/mol. The Bertz CT molecular complexity index is 390. The normalized spacial score (nSPS) is 17.8. The van der Waals surface area contributed by atoms with E-state index in [4.69, 9.17) is 4.74 Å². The molecule has 1 atom stereocenters. The van der Waals surface area contributed by atoms with Crippen LogP contribution in [0.25, 0.3) is 0 Å². The molecule has 0 aromatic heterocycles. The highest BCUT2D eigenvalue weighted by molar-refractivity contribution is 5.86. The summed E-state index contributed by atoms with van der Waals surface area (Å²) < 4.78 is 4.86. The Labute approximate surface area is 107 Å². The molecule has 0 bridgehead atoms. The quantitative estimate of drug-likeness (QED) is 0.444. The van der Waals surface area contributed by atoms with Gasteiger partial charge in [-0.1, -0.05) is 6.58 Å². The van der Waals surface area contributed by atoms with Gasteiger partial charge in [0.1, 0.15) is 6.61 Å². The lowest BCUT2D eigenvalue weighted by Crippen LogP contribution is -2.48. The van der Waals surface area contributed by atoms with Gasteiger partial charge in [-0.15, -0.1) is 0 Å². The molecule has 0 aromatic rings. The van der Waals surface area contributed by atoms with Gasteiger partial charge in [0.15, 0.2) is 0 Å². The predicted molar refractivity (Wildman–Crippen MR) is 67.4 cm³/mol. The van der Waals surface area contributed by atoms with Crippen LogP contribution in [0.4, 0.5) is 4.79 Å². The summed E-state index contributed by atoms with van der Waals surface area (Å²) in [6, 6.07) is -0.245. The summed E-state index contributed by atoms with van der Waals surface area (Å²) in [6.45, 7) is 9.23. The van der Waals surface area contributed by atoms with E-state index in [0.29, 0.717) is 5.57 Å². The van der Waals surface area contributed by atoms with E-state index in [9.17, 15) is 9.59 Å². The number of hydrazine groups is 1. The van der Waals surface area contributed by atoms with E-state index < -0.39 is 5.97 Å². The van der Waals surface area contributed by atoms with Gasteiger partial charge in [-0.25, -0.2) is 14.6 Å². The van der Waals surface area contributed by atoms with Crippen LogP contribution in [-0.4, -0.2) is 36.2 Å². The summed E-state index contributed by atoms with van der Waals surface area (Å²) in [5.74, 6) is -0.450. The maximum Gasteiger partial charge on any atom is 0.336 e. The van der Waals surface area contributed by atoms with Crippen molar-refractivity contribution in [2.75, 3.05) is 13.2 Å². The van der Waals surface area contributed by atoms with Gasteiger partial charge in [-0.3, -0.25) is 5.43 Å². The number of nitrogens with zero attached hydrogens (tertiary/aromatic N) is 1. The van der Waals surface area contributed by atoms with E-state index in [1.54, 1.807) is 6.92 Å². The summed E-state index contributed by atoms with van der Waals surface area (Å²) in [7, 11) is 0. The monoisotopic (exact) mass is 253 g/mol. The SMILES string of the molecule is C=C(C)C(=O)OCCNC(=O)N1NC(C)=CC1C. The fraction of sp³-hybridized carbons (Fsp3) is 0.500. The van der Waals surface area contributed by atoms with Crippen molar-refractivity contribution in [2.45, 2.75) is 26.8 Å². The fourth-order valence-corrected chi connectivity index (χ4v) is 1.51. The van der Waals surface area contributed by atoms with Gasteiger partial charge >= 0.3 is 12.0 Å². The van der Waals surface area contributed by atoms with Gasteiger partial charge in [-0.05, 0) is 26.8 Å². The van der Waals surface area contributed by atoms with Crippen molar-refractivity contribution in [2.24, 2.45) is 0 Å². The van der Waals surface area contributed by atoms with Crippen LogP contribution in [0.2, 0.25) is 0 Å². The number of nitrogens with one attached hydrogen (secondary N) is 2. The lowest BCUT2D eigenvalue weighted by atomic mass is 10.3. The fourth-order valence-electron chi connectivity index (χ4n) is 1.51. The standard InChI is InChI=1S/C12H19N3O3/c1-8(2)11(16)18-6-5-13-12(17)15-10(4)7-9(3)14-15/h7,10,14H,1,5-6H2,2-4H3,(H,13,17). The molecule has 1 aliphatic rings. The summed E-state index contributed by atoms with van der Waals surface area (Å²) in [5, 5.41) is 4.14. The molecule has 1 heterocycles. The van der Waals surface area contributed by atoms with Gasteiger partial charge in [0.2, 0.25) is 0 Å². The lowest BCUT2D eigenvalue weighted by molar-refractivity contribution is -0.138. The number of urea groups is 1. The third-order valence-corrected chi connectivity index (χ3v) is 2.37. The third kappa shape index (κ3) is 3.80. The van der Waals surface area contributed by atoms with Crippen molar-refractivity contribution in [1.29, 1.82) is 0 Å². The van der Waals surface area contributed by atoms with Crippen LogP contribution < -0.4 is 10.7 Å². The molecule has 0 aliphatic carbocycles. The van der Waals surface area contributed by atoms with Gasteiger partial charge in [0.25, 0.3) is 0 Å².